The Kier molecular flexibility index (Phi) is 7.23. The molecule has 2 fully saturated rings. The van der Waals surface area contributed by atoms with Gasteiger partial charge in [-0.05, 0) is 72.6 Å². The van der Waals surface area contributed by atoms with Gasteiger partial charge in [0.1, 0.15) is 11.9 Å². The Morgan fingerprint density at radius 3 is 2.42 bits per heavy atom. The summed E-state index contributed by atoms with van der Waals surface area (Å²) in [5.74, 6) is -1.05. The fraction of sp³-hybridized carbons (Fsp3) is 0.419. The molecule has 3 heterocycles. The van der Waals surface area contributed by atoms with E-state index >= 15 is 0 Å². The monoisotopic (exact) mass is 544 g/mol. The van der Waals surface area contributed by atoms with Crippen molar-refractivity contribution < 1.29 is 23.6 Å². The number of amides is 4. The molecule has 0 aromatic heterocycles. The van der Waals surface area contributed by atoms with E-state index in [1.165, 1.54) is 12.1 Å². The van der Waals surface area contributed by atoms with Crippen LogP contribution in [0.5, 0.6) is 0 Å². The van der Waals surface area contributed by atoms with Crippen molar-refractivity contribution in [3.8, 4) is 0 Å². The number of nitrogens with one attached hydrogen (secondary N) is 1. The fourth-order valence-electron chi connectivity index (χ4n) is 6.37. The van der Waals surface area contributed by atoms with Crippen molar-refractivity contribution in [3.05, 3.63) is 76.1 Å². The summed E-state index contributed by atoms with van der Waals surface area (Å²) in [5, 5.41) is 2.34. The highest BCUT2D eigenvalue weighted by molar-refractivity contribution is 6.05. The molecule has 8 nitrogen and oxygen atoms in total. The smallest absolute Gasteiger partial charge is 0.255 e. The van der Waals surface area contributed by atoms with Gasteiger partial charge in [-0.3, -0.25) is 29.4 Å². The van der Waals surface area contributed by atoms with Crippen molar-refractivity contribution in [2.24, 2.45) is 0 Å². The Morgan fingerprint density at radius 1 is 0.925 bits per heavy atom. The van der Waals surface area contributed by atoms with Crippen LogP contribution >= 0.6 is 0 Å². The SMILES string of the molecule is O=C1CCC(N2Cc3ccc(CN4CCN(C(=O)C5=C(c6ccc(F)cc6)CCCC5)CC4)cc3C2=O)C(=O)N1. The lowest BCUT2D eigenvalue weighted by molar-refractivity contribution is -0.137. The predicted octanol–water partition coefficient (Wildman–Crippen LogP) is 3.26. The molecule has 0 bridgehead atoms. The van der Waals surface area contributed by atoms with E-state index in [9.17, 15) is 23.6 Å². The highest BCUT2D eigenvalue weighted by Crippen LogP contribution is 2.34. The van der Waals surface area contributed by atoms with E-state index < -0.39 is 11.9 Å². The first kappa shape index (κ1) is 26.4. The maximum Gasteiger partial charge on any atom is 0.255 e. The Balaban J connectivity index is 1.08. The molecule has 0 spiro atoms. The molecule has 6 rings (SSSR count). The molecule has 208 valence electrons. The normalized spacial score (nSPS) is 22.0. The number of hydrogen-bond acceptors (Lipinski definition) is 5. The summed E-state index contributed by atoms with van der Waals surface area (Å²) >= 11 is 0. The lowest BCUT2D eigenvalue weighted by Crippen LogP contribution is -2.52. The summed E-state index contributed by atoms with van der Waals surface area (Å²) in [5.41, 5.74) is 5.38. The lowest BCUT2D eigenvalue weighted by Gasteiger charge is -2.36. The number of nitrogens with zero attached hydrogens (tertiary/aromatic N) is 3. The third kappa shape index (κ3) is 5.18. The molecular weight excluding hydrogens is 511 g/mol. The third-order valence-corrected chi connectivity index (χ3v) is 8.58. The largest absolute Gasteiger partial charge is 0.336 e. The van der Waals surface area contributed by atoms with Crippen LogP contribution in [0.4, 0.5) is 4.39 Å². The minimum atomic E-state index is -0.616. The molecule has 0 radical (unpaired) electrons. The third-order valence-electron chi connectivity index (χ3n) is 8.58. The molecule has 9 heteroatoms. The van der Waals surface area contributed by atoms with E-state index in [1.54, 1.807) is 17.0 Å². The van der Waals surface area contributed by atoms with Crippen molar-refractivity contribution in [3.63, 3.8) is 0 Å². The molecule has 1 aliphatic carbocycles. The number of carbonyl (C=O) groups is 4. The summed E-state index contributed by atoms with van der Waals surface area (Å²) < 4.78 is 13.5. The number of imide groups is 1. The summed E-state index contributed by atoms with van der Waals surface area (Å²) in [7, 11) is 0. The van der Waals surface area contributed by atoms with E-state index in [0.29, 0.717) is 38.2 Å². The Labute approximate surface area is 232 Å². The molecule has 1 N–H and O–H groups in total. The van der Waals surface area contributed by atoms with Crippen molar-refractivity contribution >= 4 is 29.2 Å². The van der Waals surface area contributed by atoms with Crippen LogP contribution in [0.25, 0.3) is 5.57 Å². The second-order valence-corrected chi connectivity index (χ2v) is 11.1. The maximum absolute atomic E-state index is 13.5. The van der Waals surface area contributed by atoms with Gasteiger partial charge in [0.15, 0.2) is 0 Å². The van der Waals surface area contributed by atoms with Gasteiger partial charge in [-0.1, -0.05) is 24.3 Å². The number of hydrogen-bond donors (Lipinski definition) is 1. The van der Waals surface area contributed by atoms with Crippen LogP contribution in [0.3, 0.4) is 0 Å². The molecule has 0 saturated carbocycles. The van der Waals surface area contributed by atoms with Gasteiger partial charge in [0, 0.05) is 56.8 Å². The van der Waals surface area contributed by atoms with Crippen LogP contribution in [-0.4, -0.2) is 70.5 Å². The van der Waals surface area contributed by atoms with Crippen LogP contribution in [0.2, 0.25) is 0 Å². The average Bonchev–Trinajstić information content (AvgIpc) is 3.29. The summed E-state index contributed by atoms with van der Waals surface area (Å²) in [6.45, 7) is 3.77. The van der Waals surface area contributed by atoms with Crippen molar-refractivity contribution in [1.29, 1.82) is 0 Å². The summed E-state index contributed by atoms with van der Waals surface area (Å²) in [4.78, 5) is 56.3. The van der Waals surface area contributed by atoms with Gasteiger partial charge in [-0.25, -0.2) is 4.39 Å². The minimum absolute atomic E-state index is 0.0929. The number of piperazine rings is 1. The van der Waals surface area contributed by atoms with Gasteiger partial charge >= 0.3 is 0 Å². The molecule has 1 unspecified atom stereocenters. The molecule has 4 amide bonds. The molecule has 1 atom stereocenters. The molecule has 2 aromatic rings. The highest BCUT2D eigenvalue weighted by Gasteiger charge is 2.39. The van der Waals surface area contributed by atoms with Crippen LogP contribution < -0.4 is 5.32 Å². The molecule has 2 saturated heterocycles. The summed E-state index contributed by atoms with van der Waals surface area (Å²) in [6, 6.07) is 11.7. The Bertz CT molecular complexity index is 1390. The maximum atomic E-state index is 13.5. The first-order valence-electron chi connectivity index (χ1n) is 14.1. The zero-order valence-corrected chi connectivity index (χ0v) is 22.5. The van der Waals surface area contributed by atoms with Gasteiger partial charge in [0.25, 0.3) is 5.91 Å². The number of fused-ring (bicyclic) bond motifs is 1. The first-order valence-corrected chi connectivity index (χ1v) is 14.1. The standard InChI is InChI=1S/C31H33FN4O4/c32-23-9-7-21(8-10-23)24-3-1-2-4-25(24)30(39)35-15-13-34(14-16-35)18-20-5-6-22-19-36(31(40)26(22)17-20)27-11-12-28(37)33-29(27)38/h5-10,17,27H,1-4,11-16,18-19H2,(H,33,37,38). The Hall–Kier alpha value is -3.85. The molecule has 3 aliphatic heterocycles. The Morgan fingerprint density at radius 2 is 1.68 bits per heavy atom. The van der Waals surface area contributed by atoms with E-state index in [-0.39, 0.29) is 30.0 Å². The molecule has 40 heavy (non-hydrogen) atoms. The fourth-order valence-corrected chi connectivity index (χ4v) is 6.37. The lowest BCUT2D eigenvalue weighted by atomic mass is 9.86. The van der Waals surface area contributed by atoms with Crippen LogP contribution in [0.1, 0.15) is 65.6 Å². The molecule has 2 aromatic carbocycles. The van der Waals surface area contributed by atoms with Gasteiger partial charge < -0.3 is 9.80 Å². The number of carbonyl (C=O) groups excluding carboxylic acids is 4. The van der Waals surface area contributed by atoms with Crippen LogP contribution in [0, 0.1) is 5.82 Å². The number of benzene rings is 2. The number of piperidine rings is 1. The quantitative estimate of drug-likeness (QED) is 0.584. The molecule has 4 aliphatic rings. The molecular formula is C31H33FN4O4. The van der Waals surface area contributed by atoms with Gasteiger partial charge in [0.2, 0.25) is 17.7 Å². The average molecular weight is 545 g/mol. The van der Waals surface area contributed by atoms with Gasteiger partial charge in [-0.2, -0.15) is 0 Å². The minimum Gasteiger partial charge on any atom is -0.336 e. The van der Waals surface area contributed by atoms with E-state index in [0.717, 1.165) is 66.6 Å². The number of allylic oxidation sites excluding steroid dienone is 1. The van der Waals surface area contributed by atoms with Crippen molar-refractivity contribution in [2.75, 3.05) is 26.2 Å². The first-order chi connectivity index (χ1) is 19.4. The van der Waals surface area contributed by atoms with E-state index in [4.69, 9.17) is 0 Å². The number of rotatable bonds is 5. The highest BCUT2D eigenvalue weighted by atomic mass is 19.1. The topological polar surface area (TPSA) is 90.0 Å². The van der Waals surface area contributed by atoms with E-state index in [2.05, 4.69) is 10.2 Å². The van der Waals surface area contributed by atoms with Crippen LogP contribution in [-0.2, 0) is 27.5 Å². The second-order valence-electron chi connectivity index (χ2n) is 11.1. The van der Waals surface area contributed by atoms with Gasteiger partial charge in [0.05, 0.1) is 0 Å². The van der Waals surface area contributed by atoms with Gasteiger partial charge in [-0.15, -0.1) is 0 Å². The zero-order valence-electron chi connectivity index (χ0n) is 22.5. The van der Waals surface area contributed by atoms with Crippen LogP contribution in [0.15, 0.2) is 48.0 Å². The second kappa shape index (κ2) is 11.0. The predicted molar refractivity (Wildman–Crippen MR) is 146 cm³/mol. The van der Waals surface area contributed by atoms with E-state index in [1.807, 2.05) is 23.1 Å². The van der Waals surface area contributed by atoms with Crippen molar-refractivity contribution in [1.82, 2.24) is 20.0 Å². The zero-order chi connectivity index (χ0) is 27.8. The summed E-state index contributed by atoms with van der Waals surface area (Å²) in [6.07, 6.45) is 4.20. The number of halogens is 1. The van der Waals surface area contributed by atoms with Crippen molar-refractivity contribution in [2.45, 2.75) is 57.7 Å².